The van der Waals surface area contributed by atoms with Gasteiger partial charge >= 0.3 is 0 Å². The first-order chi connectivity index (χ1) is 9.03. The number of sulfonamides is 1. The van der Waals surface area contributed by atoms with Gasteiger partial charge in [0.15, 0.2) is 0 Å². The second-order valence-electron chi connectivity index (χ2n) is 4.19. The average Bonchev–Trinajstić information content (AvgIpc) is 2.41. The first kappa shape index (κ1) is 13.4. The van der Waals surface area contributed by atoms with Gasteiger partial charge in [0.1, 0.15) is 0 Å². The van der Waals surface area contributed by atoms with Crippen molar-refractivity contribution in [1.29, 1.82) is 0 Å². The average molecular weight is 276 g/mol. The third kappa shape index (κ3) is 3.06. The number of nitrogens with two attached hydrogens (primary N) is 1. The second-order valence-corrected chi connectivity index (χ2v) is 5.87. The van der Waals surface area contributed by atoms with E-state index in [0.29, 0.717) is 17.8 Å². The number of nitrogen functional groups attached to an aromatic ring is 1. The topological polar surface area (TPSA) is 72.2 Å². The van der Waals surface area contributed by atoms with Gasteiger partial charge < -0.3 is 5.73 Å². The molecule has 0 radical (unpaired) electrons. The largest absolute Gasteiger partial charge is 0.399 e. The van der Waals surface area contributed by atoms with Crippen LogP contribution in [0, 0.1) is 0 Å². The smallest absolute Gasteiger partial charge is 0.261 e. The number of rotatable bonds is 4. The maximum absolute atomic E-state index is 12.2. The summed E-state index contributed by atoms with van der Waals surface area (Å²) in [5, 5.41) is 0. The van der Waals surface area contributed by atoms with Crippen molar-refractivity contribution < 1.29 is 8.42 Å². The molecule has 0 aromatic heterocycles. The third-order valence-corrected chi connectivity index (χ3v) is 4.19. The molecule has 0 heterocycles. The lowest BCUT2D eigenvalue weighted by atomic mass is 10.1. The van der Waals surface area contributed by atoms with Crippen LogP contribution in [0.2, 0.25) is 0 Å². The van der Waals surface area contributed by atoms with Gasteiger partial charge in [-0.3, -0.25) is 4.72 Å². The van der Waals surface area contributed by atoms with Crippen LogP contribution in [0.5, 0.6) is 0 Å². The van der Waals surface area contributed by atoms with Crippen molar-refractivity contribution in [1.82, 2.24) is 0 Å². The Hall–Kier alpha value is -2.01. The normalized spacial score (nSPS) is 11.2. The molecule has 0 aliphatic heterocycles. The molecule has 100 valence electrons. The molecule has 0 atom stereocenters. The predicted molar refractivity (Wildman–Crippen MR) is 77.5 cm³/mol. The van der Waals surface area contributed by atoms with Gasteiger partial charge in [0, 0.05) is 5.69 Å². The number of nitrogens with one attached hydrogen (secondary N) is 1. The van der Waals surface area contributed by atoms with Crippen LogP contribution in [0.4, 0.5) is 11.4 Å². The number of anilines is 2. The van der Waals surface area contributed by atoms with E-state index < -0.39 is 10.0 Å². The molecular formula is C14H16N2O2S. The van der Waals surface area contributed by atoms with Crippen LogP contribution in [-0.4, -0.2) is 8.42 Å². The van der Waals surface area contributed by atoms with E-state index in [4.69, 9.17) is 5.73 Å². The number of hydrogen-bond donors (Lipinski definition) is 2. The first-order valence-corrected chi connectivity index (χ1v) is 7.47. The highest BCUT2D eigenvalue weighted by Gasteiger charge is 2.15. The number of benzene rings is 2. The van der Waals surface area contributed by atoms with E-state index in [1.807, 2.05) is 6.92 Å². The van der Waals surface area contributed by atoms with Gasteiger partial charge in [-0.2, -0.15) is 0 Å². The molecule has 2 aromatic carbocycles. The summed E-state index contributed by atoms with van der Waals surface area (Å²) >= 11 is 0. The molecule has 4 nitrogen and oxygen atoms in total. The summed E-state index contributed by atoms with van der Waals surface area (Å²) in [5.41, 5.74) is 7.77. The second kappa shape index (κ2) is 5.32. The van der Waals surface area contributed by atoms with E-state index in [0.717, 1.165) is 5.56 Å². The van der Waals surface area contributed by atoms with Gasteiger partial charge in [0.2, 0.25) is 0 Å². The van der Waals surface area contributed by atoms with Gasteiger partial charge in [-0.05, 0) is 42.3 Å². The summed E-state index contributed by atoms with van der Waals surface area (Å²) in [6.45, 7) is 1.95. The molecule has 19 heavy (non-hydrogen) atoms. The fourth-order valence-corrected chi connectivity index (χ4v) is 2.93. The predicted octanol–water partition coefficient (Wildman–Crippen LogP) is 2.63. The minimum absolute atomic E-state index is 0.244. The van der Waals surface area contributed by atoms with E-state index in [-0.39, 0.29) is 4.90 Å². The Morgan fingerprint density at radius 3 is 2.42 bits per heavy atom. The zero-order chi connectivity index (χ0) is 13.9. The van der Waals surface area contributed by atoms with Crippen molar-refractivity contribution in [2.45, 2.75) is 18.2 Å². The molecule has 0 unspecified atom stereocenters. The molecule has 0 spiro atoms. The van der Waals surface area contributed by atoms with Crippen LogP contribution in [0.25, 0.3) is 0 Å². The monoisotopic (exact) mass is 276 g/mol. The van der Waals surface area contributed by atoms with Gasteiger partial charge in [-0.25, -0.2) is 8.42 Å². The van der Waals surface area contributed by atoms with Crippen LogP contribution in [-0.2, 0) is 16.4 Å². The van der Waals surface area contributed by atoms with Crippen molar-refractivity contribution in [2.24, 2.45) is 0 Å². The van der Waals surface area contributed by atoms with Crippen LogP contribution < -0.4 is 10.5 Å². The molecule has 0 saturated carbocycles. The Morgan fingerprint density at radius 2 is 1.79 bits per heavy atom. The molecule has 0 aliphatic rings. The minimum Gasteiger partial charge on any atom is -0.399 e. The van der Waals surface area contributed by atoms with Crippen LogP contribution >= 0.6 is 0 Å². The number of hydrogen-bond acceptors (Lipinski definition) is 3. The lowest BCUT2D eigenvalue weighted by molar-refractivity contribution is 0.601. The SMILES string of the molecule is CCc1cc(N)ccc1NS(=O)(=O)c1ccccc1. The summed E-state index contributed by atoms with van der Waals surface area (Å²) in [7, 11) is -3.55. The van der Waals surface area contributed by atoms with Gasteiger partial charge in [-0.15, -0.1) is 0 Å². The lowest BCUT2D eigenvalue weighted by Crippen LogP contribution is -2.14. The highest BCUT2D eigenvalue weighted by atomic mass is 32.2. The molecule has 5 heteroatoms. The summed E-state index contributed by atoms with van der Waals surface area (Å²) < 4.78 is 27.0. The van der Waals surface area contributed by atoms with E-state index in [1.54, 1.807) is 48.5 Å². The standard InChI is InChI=1S/C14H16N2O2S/c1-2-11-10-12(15)8-9-14(11)16-19(17,18)13-6-4-3-5-7-13/h3-10,16H,2,15H2,1H3. The first-order valence-electron chi connectivity index (χ1n) is 5.99. The van der Waals surface area contributed by atoms with E-state index in [9.17, 15) is 8.42 Å². The molecular weight excluding hydrogens is 260 g/mol. The fourth-order valence-electron chi connectivity index (χ4n) is 1.81. The van der Waals surface area contributed by atoms with Crippen molar-refractivity contribution in [3.05, 3.63) is 54.1 Å². The molecule has 0 bridgehead atoms. The quantitative estimate of drug-likeness (QED) is 0.843. The van der Waals surface area contributed by atoms with Gasteiger partial charge in [0.05, 0.1) is 10.6 Å². The minimum atomic E-state index is -3.55. The lowest BCUT2D eigenvalue weighted by Gasteiger charge is -2.12. The molecule has 0 amide bonds. The van der Waals surface area contributed by atoms with E-state index >= 15 is 0 Å². The summed E-state index contributed by atoms with van der Waals surface area (Å²) in [4.78, 5) is 0.244. The van der Waals surface area contributed by atoms with Crippen molar-refractivity contribution in [3.63, 3.8) is 0 Å². The molecule has 3 N–H and O–H groups in total. The van der Waals surface area contributed by atoms with Gasteiger partial charge in [0.25, 0.3) is 10.0 Å². The Kier molecular flexibility index (Phi) is 3.76. The summed E-state index contributed by atoms with van der Waals surface area (Å²) in [5.74, 6) is 0. The summed E-state index contributed by atoms with van der Waals surface area (Å²) in [6.07, 6.45) is 0.706. The fraction of sp³-hybridized carbons (Fsp3) is 0.143. The maximum Gasteiger partial charge on any atom is 0.261 e. The van der Waals surface area contributed by atoms with Crippen LogP contribution in [0.1, 0.15) is 12.5 Å². The molecule has 0 fully saturated rings. The molecule has 0 saturated heterocycles. The third-order valence-electron chi connectivity index (χ3n) is 2.81. The molecule has 2 aromatic rings. The number of aryl methyl sites for hydroxylation is 1. The van der Waals surface area contributed by atoms with Crippen molar-refractivity contribution in [2.75, 3.05) is 10.5 Å². The van der Waals surface area contributed by atoms with Crippen molar-refractivity contribution >= 4 is 21.4 Å². The van der Waals surface area contributed by atoms with Crippen molar-refractivity contribution in [3.8, 4) is 0 Å². The van der Waals surface area contributed by atoms with Crippen LogP contribution in [0.3, 0.4) is 0 Å². The Morgan fingerprint density at radius 1 is 1.11 bits per heavy atom. The molecule has 0 aliphatic carbocycles. The van der Waals surface area contributed by atoms with Crippen LogP contribution in [0.15, 0.2) is 53.4 Å². The van der Waals surface area contributed by atoms with E-state index in [2.05, 4.69) is 4.72 Å². The zero-order valence-electron chi connectivity index (χ0n) is 10.6. The summed E-state index contributed by atoms with van der Waals surface area (Å²) in [6, 6.07) is 13.4. The Labute approximate surface area is 113 Å². The highest BCUT2D eigenvalue weighted by molar-refractivity contribution is 7.92. The highest BCUT2D eigenvalue weighted by Crippen LogP contribution is 2.22. The molecule has 2 rings (SSSR count). The Balaban J connectivity index is 2.36. The maximum atomic E-state index is 12.2. The van der Waals surface area contributed by atoms with E-state index in [1.165, 1.54) is 0 Å². The Bertz CT molecular complexity index is 667. The zero-order valence-corrected chi connectivity index (χ0v) is 11.4. The van der Waals surface area contributed by atoms with Gasteiger partial charge in [-0.1, -0.05) is 25.1 Å².